The highest BCUT2D eigenvalue weighted by molar-refractivity contribution is 5.92. The number of hydrogen-bond donors (Lipinski definition) is 2. The SMILES string of the molecule is O=C(NCCNC(=O)c1ccco1)c1cnccn1. The van der Waals surface area contributed by atoms with Gasteiger partial charge in [-0.25, -0.2) is 4.98 Å². The number of nitrogens with one attached hydrogen (secondary N) is 2. The number of furan rings is 1. The van der Waals surface area contributed by atoms with E-state index in [0.29, 0.717) is 13.1 Å². The van der Waals surface area contributed by atoms with Crippen molar-refractivity contribution in [2.75, 3.05) is 13.1 Å². The van der Waals surface area contributed by atoms with Gasteiger partial charge in [0, 0.05) is 25.5 Å². The lowest BCUT2D eigenvalue weighted by Gasteiger charge is -2.05. The molecule has 0 aliphatic rings. The molecule has 0 unspecified atom stereocenters. The van der Waals surface area contributed by atoms with Crippen LogP contribution in [0.5, 0.6) is 0 Å². The van der Waals surface area contributed by atoms with Gasteiger partial charge in [-0.2, -0.15) is 0 Å². The van der Waals surface area contributed by atoms with Crippen molar-refractivity contribution in [3.63, 3.8) is 0 Å². The van der Waals surface area contributed by atoms with Crippen LogP contribution < -0.4 is 10.6 Å². The summed E-state index contributed by atoms with van der Waals surface area (Å²) in [6.07, 6.45) is 5.72. The molecule has 0 bridgehead atoms. The van der Waals surface area contributed by atoms with Crippen LogP contribution in [0, 0.1) is 0 Å². The molecule has 19 heavy (non-hydrogen) atoms. The minimum atomic E-state index is -0.333. The van der Waals surface area contributed by atoms with Crippen LogP contribution in [0.2, 0.25) is 0 Å². The molecule has 2 heterocycles. The Kier molecular flexibility index (Phi) is 4.22. The maximum atomic E-state index is 11.6. The number of amides is 2. The first-order valence-corrected chi connectivity index (χ1v) is 5.63. The molecule has 0 saturated carbocycles. The van der Waals surface area contributed by atoms with E-state index in [1.165, 1.54) is 24.9 Å². The van der Waals surface area contributed by atoms with Gasteiger partial charge in [-0.1, -0.05) is 0 Å². The quantitative estimate of drug-likeness (QED) is 0.750. The summed E-state index contributed by atoms with van der Waals surface area (Å²) < 4.78 is 4.93. The van der Waals surface area contributed by atoms with E-state index in [9.17, 15) is 9.59 Å². The van der Waals surface area contributed by atoms with E-state index in [1.807, 2.05) is 0 Å². The summed E-state index contributed by atoms with van der Waals surface area (Å²) in [5.74, 6) is -0.417. The van der Waals surface area contributed by atoms with Crippen molar-refractivity contribution >= 4 is 11.8 Å². The normalized spacial score (nSPS) is 9.89. The molecule has 0 aliphatic heterocycles. The van der Waals surface area contributed by atoms with Gasteiger partial charge >= 0.3 is 0 Å². The highest BCUT2D eigenvalue weighted by Gasteiger charge is 2.08. The van der Waals surface area contributed by atoms with Gasteiger partial charge in [0.2, 0.25) is 0 Å². The Hall–Kier alpha value is -2.70. The fraction of sp³-hybridized carbons (Fsp3) is 0.167. The molecule has 2 N–H and O–H groups in total. The number of carbonyl (C=O) groups excluding carboxylic acids is 2. The van der Waals surface area contributed by atoms with E-state index in [1.54, 1.807) is 12.1 Å². The van der Waals surface area contributed by atoms with Gasteiger partial charge in [0.15, 0.2) is 5.76 Å². The molecule has 0 atom stereocenters. The van der Waals surface area contributed by atoms with Crippen LogP contribution in [-0.2, 0) is 0 Å². The Morgan fingerprint density at radius 3 is 2.58 bits per heavy atom. The zero-order chi connectivity index (χ0) is 13.5. The summed E-state index contributed by atoms with van der Waals surface area (Å²) in [5, 5.41) is 5.22. The van der Waals surface area contributed by atoms with E-state index in [-0.39, 0.29) is 23.3 Å². The van der Waals surface area contributed by atoms with E-state index < -0.39 is 0 Å². The van der Waals surface area contributed by atoms with Crippen LogP contribution in [0.3, 0.4) is 0 Å². The summed E-state index contributed by atoms with van der Waals surface area (Å²) in [4.78, 5) is 30.7. The minimum Gasteiger partial charge on any atom is -0.459 e. The van der Waals surface area contributed by atoms with Gasteiger partial charge in [-0.15, -0.1) is 0 Å². The lowest BCUT2D eigenvalue weighted by molar-refractivity contribution is 0.0909. The predicted molar refractivity (Wildman–Crippen MR) is 65.4 cm³/mol. The van der Waals surface area contributed by atoms with E-state index in [2.05, 4.69) is 20.6 Å². The summed E-state index contributed by atoms with van der Waals surface area (Å²) in [5.41, 5.74) is 0.236. The fourth-order valence-electron chi connectivity index (χ4n) is 1.35. The molecular formula is C12H12N4O3. The second kappa shape index (κ2) is 6.29. The van der Waals surface area contributed by atoms with Crippen molar-refractivity contribution in [1.29, 1.82) is 0 Å². The number of hydrogen-bond acceptors (Lipinski definition) is 5. The second-order valence-electron chi connectivity index (χ2n) is 3.58. The molecular weight excluding hydrogens is 248 g/mol. The minimum absolute atomic E-state index is 0.236. The van der Waals surface area contributed by atoms with Crippen molar-refractivity contribution in [3.05, 3.63) is 48.4 Å². The van der Waals surface area contributed by atoms with Crippen molar-refractivity contribution in [3.8, 4) is 0 Å². The third kappa shape index (κ3) is 3.63. The summed E-state index contributed by atoms with van der Waals surface area (Å²) in [7, 11) is 0. The molecule has 2 amide bonds. The Morgan fingerprint density at radius 1 is 1.16 bits per heavy atom. The molecule has 0 fully saturated rings. The highest BCUT2D eigenvalue weighted by Crippen LogP contribution is 1.98. The molecule has 98 valence electrons. The largest absolute Gasteiger partial charge is 0.459 e. The van der Waals surface area contributed by atoms with Crippen molar-refractivity contribution in [1.82, 2.24) is 20.6 Å². The van der Waals surface area contributed by atoms with E-state index in [4.69, 9.17) is 4.42 Å². The highest BCUT2D eigenvalue weighted by atomic mass is 16.3. The standard InChI is InChI=1S/C12H12N4O3/c17-11(9-8-13-3-4-14-9)15-5-6-16-12(18)10-2-1-7-19-10/h1-4,7-8H,5-6H2,(H,15,17)(H,16,18). The number of carbonyl (C=O) groups is 2. The van der Waals surface area contributed by atoms with Crippen LogP contribution in [0.4, 0.5) is 0 Å². The molecule has 2 aromatic heterocycles. The zero-order valence-electron chi connectivity index (χ0n) is 10.00. The maximum absolute atomic E-state index is 11.6. The fourth-order valence-corrected chi connectivity index (χ4v) is 1.35. The van der Waals surface area contributed by atoms with Gasteiger partial charge in [0.1, 0.15) is 5.69 Å². The van der Waals surface area contributed by atoms with Gasteiger partial charge in [-0.3, -0.25) is 14.6 Å². The Morgan fingerprint density at radius 2 is 1.95 bits per heavy atom. The van der Waals surface area contributed by atoms with Gasteiger partial charge < -0.3 is 15.1 Å². The van der Waals surface area contributed by atoms with Crippen LogP contribution in [-0.4, -0.2) is 34.9 Å². The van der Waals surface area contributed by atoms with Crippen LogP contribution in [0.25, 0.3) is 0 Å². The number of rotatable bonds is 5. The molecule has 7 nitrogen and oxygen atoms in total. The molecule has 0 aromatic carbocycles. The smallest absolute Gasteiger partial charge is 0.287 e. The van der Waals surface area contributed by atoms with Crippen LogP contribution >= 0.6 is 0 Å². The lowest BCUT2D eigenvalue weighted by atomic mass is 10.4. The monoisotopic (exact) mass is 260 g/mol. The van der Waals surface area contributed by atoms with Crippen LogP contribution in [0.1, 0.15) is 21.0 Å². The first kappa shape index (κ1) is 12.7. The lowest BCUT2D eigenvalue weighted by Crippen LogP contribution is -2.34. The number of aromatic nitrogens is 2. The molecule has 0 saturated heterocycles. The Labute approximate surface area is 109 Å². The van der Waals surface area contributed by atoms with Gasteiger partial charge in [0.05, 0.1) is 12.5 Å². The molecule has 0 spiro atoms. The number of nitrogens with zero attached hydrogens (tertiary/aromatic N) is 2. The molecule has 2 rings (SSSR count). The van der Waals surface area contributed by atoms with Crippen molar-refractivity contribution < 1.29 is 14.0 Å². The second-order valence-corrected chi connectivity index (χ2v) is 3.58. The summed E-state index contributed by atoms with van der Waals surface area (Å²) in [6, 6.07) is 3.19. The molecule has 2 aromatic rings. The average Bonchev–Trinajstić information content (AvgIpc) is 2.98. The van der Waals surface area contributed by atoms with Crippen molar-refractivity contribution in [2.24, 2.45) is 0 Å². The third-order valence-corrected chi connectivity index (χ3v) is 2.24. The van der Waals surface area contributed by atoms with E-state index in [0.717, 1.165) is 0 Å². The average molecular weight is 260 g/mol. The van der Waals surface area contributed by atoms with Gasteiger partial charge in [0.25, 0.3) is 11.8 Å². The predicted octanol–water partition coefficient (Wildman–Crippen LogP) is 0.229. The van der Waals surface area contributed by atoms with E-state index >= 15 is 0 Å². The molecule has 7 heteroatoms. The summed E-state index contributed by atoms with van der Waals surface area (Å²) >= 11 is 0. The molecule has 0 aliphatic carbocycles. The summed E-state index contributed by atoms with van der Waals surface area (Å²) in [6.45, 7) is 0.591. The van der Waals surface area contributed by atoms with Crippen molar-refractivity contribution in [2.45, 2.75) is 0 Å². The zero-order valence-corrected chi connectivity index (χ0v) is 10.00. The Balaban J connectivity index is 1.70. The topological polar surface area (TPSA) is 97.1 Å². The Bertz CT molecular complexity index is 539. The van der Waals surface area contributed by atoms with Crippen LogP contribution in [0.15, 0.2) is 41.4 Å². The first-order chi connectivity index (χ1) is 9.27. The third-order valence-electron chi connectivity index (χ3n) is 2.24. The first-order valence-electron chi connectivity index (χ1n) is 5.63. The van der Waals surface area contributed by atoms with Gasteiger partial charge in [-0.05, 0) is 12.1 Å². The maximum Gasteiger partial charge on any atom is 0.287 e. The molecule has 0 radical (unpaired) electrons.